The molecule has 2 aromatic rings. The smallest absolute Gasteiger partial charge is 0.294 e. The van der Waals surface area contributed by atoms with E-state index in [2.05, 4.69) is 21.2 Å². The lowest BCUT2D eigenvalue weighted by Crippen LogP contribution is -2.36. The highest BCUT2D eigenvalue weighted by atomic mass is 79.9. The Labute approximate surface area is 177 Å². The number of carbonyl (C=O) groups excluding carboxylic acids is 3. The maximum absolute atomic E-state index is 13.7. The standard InChI is InChI=1S/C19H12BrFN2O5S/c20-11-7-15-14(27-9-28-15)5-10(11)6-16-18(25)23(19(26)29-16)8-17(24)22-13-4-2-1-3-12(13)21/h1-7H,8-9H2,(H,22,24). The third-order valence-electron chi connectivity index (χ3n) is 4.10. The maximum atomic E-state index is 13.7. The summed E-state index contributed by atoms with van der Waals surface area (Å²) in [4.78, 5) is 38.0. The Hall–Kier alpha value is -2.85. The molecule has 0 aromatic heterocycles. The first-order chi connectivity index (χ1) is 13.9. The minimum atomic E-state index is -0.678. The summed E-state index contributed by atoms with van der Waals surface area (Å²) in [5.41, 5.74) is 0.597. The molecule has 2 aliphatic heterocycles. The van der Waals surface area contributed by atoms with Crippen LogP contribution in [0.25, 0.3) is 6.08 Å². The summed E-state index contributed by atoms with van der Waals surface area (Å²) in [5.74, 6) is -0.784. The van der Waals surface area contributed by atoms with Crippen molar-refractivity contribution in [2.24, 2.45) is 0 Å². The van der Waals surface area contributed by atoms with E-state index in [-0.39, 0.29) is 17.4 Å². The van der Waals surface area contributed by atoms with Crippen LogP contribution < -0.4 is 14.8 Å². The van der Waals surface area contributed by atoms with Crippen LogP contribution in [0.2, 0.25) is 0 Å². The number of nitrogens with zero attached hydrogens (tertiary/aromatic N) is 1. The largest absolute Gasteiger partial charge is 0.454 e. The second-order valence-corrected chi connectivity index (χ2v) is 7.87. The van der Waals surface area contributed by atoms with Crippen LogP contribution >= 0.6 is 27.7 Å². The van der Waals surface area contributed by atoms with Crippen molar-refractivity contribution in [2.45, 2.75) is 0 Å². The van der Waals surface area contributed by atoms with Crippen LogP contribution in [0.3, 0.4) is 0 Å². The van der Waals surface area contributed by atoms with Crippen molar-refractivity contribution in [1.82, 2.24) is 4.90 Å². The van der Waals surface area contributed by atoms with Crippen molar-refractivity contribution in [3.63, 3.8) is 0 Å². The third-order valence-corrected chi connectivity index (χ3v) is 5.70. The van der Waals surface area contributed by atoms with E-state index in [0.717, 1.165) is 16.7 Å². The highest BCUT2D eigenvalue weighted by molar-refractivity contribution is 9.10. The Morgan fingerprint density at radius 3 is 2.72 bits per heavy atom. The minimum Gasteiger partial charge on any atom is -0.454 e. The number of hydrogen-bond donors (Lipinski definition) is 1. The molecular weight excluding hydrogens is 467 g/mol. The van der Waals surface area contributed by atoms with Crippen molar-refractivity contribution in [3.05, 3.63) is 57.2 Å². The summed E-state index contributed by atoms with van der Waals surface area (Å²) in [6.07, 6.45) is 1.53. The molecule has 4 rings (SSSR count). The number of rotatable bonds is 4. The van der Waals surface area contributed by atoms with Gasteiger partial charge in [0.15, 0.2) is 11.5 Å². The number of imide groups is 1. The van der Waals surface area contributed by atoms with Crippen molar-refractivity contribution in [1.29, 1.82) is 0 Å². The van der Waals surface area contributed by atoms with Crippen LogP contribution in [0.15, 0.2) is 45.8 Å². The summed E-state index contributed by atoms with van der Waals surface area (Å²) in [6, 6.07) is 9.02. The number of halogens is 2. The van der Waals surface area contributed by atoms with E-state index in [4.69, 9.17) is 9.47 Å². The SMILES string of the molecule is O=C(CN1C(=O)SC(=Cc2cc3c(cc2Br)OCO3)C1=O)Nc1ccccc1F. The number of hydrogen-bond acceptors (Lipinski definition) is 6. The molecule has 7 nitrogen and oxygen atoms in total. The Bertz CT molecular complexity index is 1070. The van der Waals surface area contributed by atoms with E-state index >= 15 is 0 Å². The van der Waals surface area contributed by atoms with Gasteiger partial charge in [-0.25, -0.2) is 4.39 Å². The van der Waals surface area contributed by atoms with Gasteiger partial charge in [0.1, 0.15) is 12.4 Å². The minimum absolute atomic E-state index is 0.0238. The molecule has 10 heteroatoms. The molecule has 2 aliphatic rings. The van der Waals surface area contributed by atoms with Gasteiger partial charge in [-0.2, -0.15) is 0 Å². The van der Waals surface area contributed by atoms with E-state index in [0.29, 0.717) is 21.5 Å². The molecule has 29 heavy (non-hydrogen) atoms. The summed E-state index contributed by atoms with van der Waals surface area (Å²) in [5, 5.41) is 1.77. The predicted octanol–water partition coefficient (Wildman–Crippen LogP) is 3.99. The fourth-order valence-electron chi connectivity index (χ4n) is 2.72. The van der Waals surface area contributed by atoms with E-state index in [9.17, 15) is 18.8 Å². The molecule has 0 aliphatic carbocycles. The van der Waals surface area contributed by atoms with Crippen molar-refractivity contribution < 1.29 is 28.2 Å². The van der Waals surface area contributed by atoms with Crippen LogP contribution in [0, 0.1) is 5.82 Å². The van der Waals surface area contributed by atoms with Gasteiger partial charge in [-0.3, -0.25) is 19.3 Å². The van der Waals surface area contributed by atoms with Crippen molar-refractivity contribution in [3.8, 4) is 11.5 Å². The molecule has 0 saturated carbocycles. The molecule has 2 aromatic carbocycles. The number of benzene rings is 2. The molecular formula is C19H12BrFN2O5S. The molecule has 1 saturated heterocycles. The van der Waals surface area contributed by atoms with E-state index in [1.54, 1.807) is 18.2 Å². The average Bonchev–Trinajstić information content (AvgIpc) is 3.23. The van der Waals surface area contributed by atoms with Crippen LogP contribution in [0.5, 0.6) is 11.5 Å². The second kappa shape index (κ2) is 7.88. The fraction of sp³-hybridized carbons (Fsp3) is 0.105. The molecule has 3 amide bonds. The van der Waals surface area contributed by atoms with Crippen molar-refractivity contribution in [2.75, 3.05) is 18.7 Å². The Morgan fingerprint density at radius 2 is 1.97 bits per heavy atom. The third kappa shape index (κ3) is 3.99. The topological polar surface area (TPSA) is 84.9 Å². The molecule has 1 fully saturated rings. The van der Waals surface area contributed by atoms with Gasteiger partial charge in [-0.1, -0.05) is 28.1 Å². The van der Waals surface area contributed by atoms with Gasteiger partial charge in [0, 0.05) is 4.47 Å². The zero-order valence-electron chi connectivity index (χ0n) is 14.6. The number of carbonyl (C=O) groups is 3. The number of nitrogens with one attached hydrogen (secondary N) is 1. The Morgan fingerprint density at radius 1 is 1.24 bits per heavy atom. The zero-order valence-corrected chi connectivity index (χ0v) is 17.0. The lowest BCUT2D eigenvalue weighted by Gasteiger charge is -2.12. The van der Waals surface area contributed by atoms with Gasteiger partial charge in [-0.15, -0.1) is 0 Å². The Kier molecular flexibility index (Phi) is 5.29. The van der Waals surface area contributed by atoms with Gasteiger partial charge in [0.25, 0.3) is 11.1 Å². The molecule has 148 valence electrons. The number of amides is 3. The number of para-hydroxylation sites is 1. The van der Waals surface area contributed by atoms with E-state index < -0.39 is 29.4 Å². The molecule has 1 N–H and O–H groups in total. The highest BCUT2D eigenvalue weighted by Crippen LogP contribution is 2.39. The quantitative estimate of drug-likeness (QED) is 0.668. The second-order valence-electron chi connectivity index (χ2n) is 6.02. The number of anilines is 1. The van der Waals surface area contributed by atoms with E-state index in [1.807, 2.05) is 0 Å². The van der Waals surface area contributed by atoms with Gasteiger partial charge >= 0.3 is 0 Å². The van der Waals surface area contributed by atoms with Gasteiger partial charge in [-0.05, 0) is 47.7 Å². The summed E-state index contributed by atoms with van der Waals surface area (Å²) >= 11 is 4.11. The first-order valence-corrected chi connectivity index (χ1v) is 9.92. The summed E-state index contributed by atoms with van der Waals surface area (Å²) < 4.78 is 24.9. The maximum Gasteiger partial charge on any atom is 0.294 e. The first-order valence-electron chi connectivity index (χ1n) is 8.31. The lowest BCUT2D eigenvalue weighted by atomic mass is 10.2. The molecule has 0 unspecified atom stereocenters. The summed E-state index contributed by atoms with van der Waals surface area (Å²) in [7, 11) is 0. The van der Waals surface area contributed by atoms with Gasteiger partial charge in [0.2, 0.25) is 12.7 Å². The van der Waals surface area contributed by atoms with Crippen molar-refractivity contribution >= 4 is 56.5 Å². The number of fused-ring (bicyclic) bond motifs is 1. The zero-order chi connectivity index (χ0) is 20.5. The summed E-state index contributed by atoms with van der Waals surface area (Å²) in [6.45, 7) is -0.405. The molecule has 0 spiro atoms. The number of ether oxygens (including phenoxy) is 2. The average molecular weight is 479 g/mol. The Balaban J connectivity index is 1.50. The lowest BCUT2D eigenvalue weighted by molar-refractivity contribution is -0.127. The monoisotopic (exact) mass is 478 g/mol. The number of thioether (sulfide) groups is 1. The first kappa shape index (κ1) is 19.5. The fourth-order valence-corrected chi connectivity index (χ4v) is 3.98. The molecule has 2 heterocycles. The molecule has 0 atom stereocenters. The van der Waals surface area contributed by atoms with Gasteiger partial charge in [0.05, 0.1) is 10.6 Å². The van der Waals surface area contributed by atoms with Crippen LogP contribution in [-0.4, -0.2) is 35.3 Å². The van der Waals surface area contributed by atoms with Crippen LogP contribution in [0.1, 0.15) is 5.56 Å². The highest BCUT2D eigenvalue weighted by Gasteiger charge is 2.36. The normalized spacial score (nSPS) is 16.6. The van der Waals surface area contributed by atoms with E-state index in [1.165, 1.54) is 24.3 Å². The molecule has 0 bridgehead atoms. The van der Waals surface area contributed by atoms with Crippen LogP contribution in [0.4, 0.5) is 14.9 Å². The predicted molar refractivity (Wildman–Crippen MR) is 108 cm³/mol. The van der Waals surface area contributed by atoms with Gasteiger partial charge < -0.3 is 14.8 Å². The van der Waals surface area contributed by atoms with Crippen LogP contribution in [-0.2, 0) is 9.59 Å². The molecule has 0 radical (unpaired) electrons.